The van der Waals surface area contributed by atoms with E-state index in [1.54, 1.807) is 0 Å². The maximum atomic E-state index is 14.0. The van der Waals surface area contributed by atoms with E-state index in [-0.39, 0.29) is 12.5 Å². The number of non-ortho nitro benzene ring substituents is 1. The third-order valence-corrected chi connectivity index (χ3v) is 5.44. The molecular weight excluding hydrogens is 301 g/mol. The third kappa shape index (κ3) is 2.98. The van der Waals surface area contributed by atoms with Gasteiger partial charge in [-0.1, -0.05) is 6.92 Å². The molecule has 1 atom stereocenters. The Kier molecular flexibility index (Phi) is 4.15. The molecule has 0 spiro atoms. The Balaban J connectivity index is 2.47. The third-order valence-electron chi connectivity index (χ3n) is 3.49. The van der Waals surface area contributed by atoms with Crippen molar-refractivity contribution >= 4 is 21.4 Å². The summed E-state index contributed by atoms with van der Waals surface area (Å²) in [4.78, 5) is 9.14. The Morgan fingerprint density at radius 3 is 2.67 bits per heavy atom. The first-order valence-electron chi connectivity index (χ1n) is 6.47. The van der Waals surface area contributed by atoms with Gasteiger partial charge < -0.3 is 5.73 Å². The Labute approximate surface area is 121 Å². The van der Waals surface area contributed by atoms with Crippen LogP contribution in [0.4, 0.5) is 15.8 Å². The van der Waals surface area contributed by atoms with Crippen molar-refractivity contribution < 1.29 is 17.7 Å². The van der Waals surface area contributed by atoms with Crippen LogP contribution in [0, 0.1) is 21.8 Å². The fourth-order valence-corrected chi connectivity index (χ4v) is 4.21. The number of nitrogen functional groups attached to an aromatic ring is 1. The fourth-order valence-electron chi connectivity index (χ4n) is 2.47. The molecule has 1 aromatic carbocycles. The minimum absolute atomic E-state index is 0.177. The van der Waals surface area contributed by atoms with Crippen LogP contribution in [0.15, 0.2) is 17.0 Å². The van der Waals surface area contributed by atoms with Gasteiger partial charge in [0.1, 0.15) is 4.90 Å². The minimum Gasteiger partial charge on any atom is -0.397 e. The SMILES string of the molecule is CC1CCCN(S(=O)(=O)c2c(N)cc([N+](=O)[O-])cc2F)C1. The number of hydrogen-bond acceptors (Lipinski definition) is 5. The summed E-state index contributed by atoms with van der Waals surface area (Å²) in [6, 6.07) is 1.44. The monoisotopic (exact) mass is 317 g/mol. The van der Waals surface area contributed by atoms with E-state index in [1.807, 2.05) is 6.92 Å². The molecule has 1 aromatic rings. The number of piperidine rings is 1. The standard InChI is InChI=1S/C12H16FN3O4S/c1-8-3-2-4-15(7-8)21(19,20)12-10(13)5-9(16(17)18)6-11(12)14/h5-6,8H,2-4,7,14H2,1H3. The van der Waals surface area contributed by atoms with Crippen molar-refractivity contribution in [3.8, 4) is 0 Å². The zero-order valence-electron chi connectivity index (χ0n) is 11.5. The predicted octanol–water partition coefficient (Wildman–Crippen LogP) is 1.74. The highest BCUT2D eigenvalue weighted by atomic mass is 32.2. The van der Waals surface area contributed by atoms with Crippen molar-refractivity contribution in [1.82, 2.24) is 4.31 Å². The van der Waals surface area contributed by atoms with Gasteiger partial charge in [-0.3, -0.25) is 10.1 Å². The molecule has 0 saturated carbocycles. The predicted molar refractivity (Wildman–Crippen MR) is 74.6 cm³/mol. The quantitative estimate of drug-likeness (QED) is 0.519. The molecule has 2 N–H and O–H groups in total. The fraction of sp³-hybridized carbons (Fsp3) is 0.500. The summed E-state index contributed by atoms with van der Waals surface area (Å²) in [6.45, 7) is 2.50. The highest BCUT2D eigenvalue weighted by molar-refractivity contribution is 7.89. The zero-order valence-corrected chi connectivity index (χ0v) is 12.3. The lowest BCUT2D eigenvalue weighted by Crippen LogP contribution is -2.39. The molecular formula is C12H16FN3O4S. The van der Waals surface area contributed by atoms with Crippen LogP contribution < -0.4 is 5.73 Å². The van der Waals surface area contributed by atoms with Crippen LogP contribution in [0.5, 0.6) is 0 Å². The van der Waals surface area contributed by atoms with Gasteiger partial charge in [0.15, 0.2) is 5.82 Å². The molecule has 1 aliphatic rings. The molecule has 0 aliphatic carbocycles. The van der Waals surface area contributed by atoms with E-state index in [4.69, 9.17) is 5.73 Å². The molecule has 7 nitrogen and oxygen atoms in total. The van der Waals surface area contributed by atoms with E-state index in [0.29, 0.717) is 19.0 Å². The van der Waals surface area contributed by atoms with Gasteiger partial charge in [-0.15, -0.1) is 0 Å². The van der Waals surface area contributed by atoms with Crippen LogP contribution in [0.3, 0.4) is 0 Å². The number of halogens is 1. The van der Waals surface area contributed by atoms with Crippen molar-refractivity contribution in [3.63, 3.8) is 0 Å². The van der Waals surface area contributed by atoms with Crippen molar-refractivity contribution in [1.29, 1.82) is 0 Å². The molecule has 0 aromatic heterocycles. The van der Waals surface area contributed by atoms with Crippen molar-refractivity contribution in [2.45, 2.75) is 24.7 Å². The van der Waals surface area contributed by atoms with E-state index >= 15 is 0 Å². The number of rotatable bonds is 3. The molecule has 2 rings (SSSR count). The molecule has 21 heavy (non-hydrogen) atoms. The van der Waals surface area contributed by atoms with Crippen LogP contribution in [0.1, 0.15) is 19.8 Å². The first-order chi connectivity index (χ1) is 9.73. The Morgan fingerprint density at radius 1 is 1.48 bits per heavy atom. The minimum atomic E-state index is -4.09. The first kappa shape index (κ1) is 15.6. The van der Waals surface area contributed by atoms with Gasteiger partial charge in [-0.2, -0.15) is 4.31 Å². The summed E-state index contributed by atoms with van der Waals surface area (Å²) in [7, 11) is -4.09. The smallest absolute Gasteiger partial charge is 0.274 e. The normalized spacial score (nSPS) is 20.4. The molecule has 1 fully saturated rings. The topological polar surface area (TPSA) is 107 Å². The largest absolute Gasteiger partial charge is 0.397 e. The van der Waals surface area contributed by atoms with Crippen LogP contribution in [-0.4, -0.2) is 30.7 Å². The van der Waals surface area contributed by atoms with Crippen molar-refractivity contribution in [3.05, 3.63) is 28.1 Å². The number of benzene rings is 1. The molecule has 1 aliphatic heterocycles. The lowest BCUT2D eigenvalue weighted by atomic mass is 10.0. The van der Waals surface area contributed by atoms with Gasteiger partial charge in [-0.25, -0.2) is 12.8 Å². The van der Waals surface area contributed by atoms with E-state index in [9.17, 15) is 22.9 Å². The average Bonchev–Trinajstić information content (AvgIpc) is 2.37. The molecule has 1 heterocycles. The van der Waals surface area contributed by atoms with Gasteiger partial charge in [0.05, 0.1) is 16.7 Å². The Bertz CT molecular complexity index is 654. The van der Waals surface area contributed by atoms with Gasteiger partial charge in [0.25, 0.3) is 5.69 Å². The highest BCUT2D eigenvalue weighted by Crippen LogP contribution is 2.31. The summed E-state index contributed by atoms with van der Waals surface area (Å²) in [5.74, 6) is -1.02. The number of hydrogen-bond donors (Lipinski definition) is 1. The average molecular weight is 317 g/mol. The maximum absolute atomic E-state index is 14.0. The number of nitrogens with zero attached hydrogens (tertiary/aromatic N) is 2. The van der Waals surface area contributed by atoms with Crippen LogP contribution in [0.2, 0.25) is 0 Å². The molecule has 9 heteroatoms. The number of nitro groups is 1. The number of nitro benzene ring substituents is 1. The van der Waals surface area contributed by atoms with E-state index in [1.165, 1.54) is 4.31 Å². The lowest BCUT2D eigenvalue weighted by molar-refractivity contribution is -0.385. The van der Waals surface area contributed by atoms with Crippen LogP contribution in [-0.2, 0) is 10.0 Å². The zero-order chi connectivity index (χ0) is 15.8. The highest BCUT2D eigenvalue weighted by Gasteiger charge is 2.33. The van der Waals surface area contributed by atoms with Gasteiger partial charge in [-0.05, 0) is 18.8 Å². The van der Waals surface area contributed by atoms with Crippen LogP contribution >= 0.6 is 0 Å². The van der Waals surface area contributed by atoms with Crippen LogP contribution in [0.25, 0.3) is 0 Å². The second-order valence-corrected chi connectivity index (χ2v) is 7.09. The lowest BCUT2D eigenvalue weighted by Gasteiger charge is -2.30. The Morgan fingerprint density at radius 2 is 2.14 bits per heavy atom. The van der Waals surface area contributed by atoms with Crippen molar-refractivity contribution in [2.75, 3.05) is 18.8 Å². The molecule has 0 radical (unpaired) electrons. The molecule has 116 valence electrons. The molecule has 1 saturated heterocycles. The summed E-state index contributed by atoms with van der Waals surface area (Å²) in [6.07, 6.45) is 1.60. The Hall–Kier alpha value is -1.74. The second kappa shape index (κ2) is 5.57. The maximum Gasteiger partial charge on any atom is 0.274 e. The summed E-state index contributed by atoms with van der Waals surface area (Å²) in [5, 5.41) is 10.6. The summed E-state index contributed by atoms with van der Waals surface area (Å²) < 4.78 is 40.2. The second-order valence-electron chi connectivity index (χ2n) is 5.21. The van der Waals surface area contributed by atoms with E-state index in [0.717, 1.165) is 12.5 Å². The number of anilines is 1. The number of sulfonamides is 1. The van der Waals surface area contributed by atoms with Gasteiger partial charge in [0, 0.05) is 19.2 Å². The number of nitrogens with two attached hydrogens (primary N) is 1. The summed E-state index contributed by atoms with van der Waals surface area (Å²) in [5.41, 5.74) is 4.52. The van der Waals surface area contributed by atoms with Crippen molar-refractivity contribution in [2.24, 2.45) is 5.92 Å². The first-order valence-corrected chi connectivity index (χ1v) is 7.91. The molecule has 1 unspecified atom stereocenters. The van der Waals surface area contributed by atoms with Gasteiger partial charge in [0.2, 0.25) is 10.0 Å². The van der Waals surface area contributed by atoms with E-state index in [2.05, 4.69) is 0 Å². The van der Waals surface area contributed by atoms with Gasteiger partial charge >= 0.3 is 0 Å². The molecule has 0 amide bonds. The van der Waals surface area contributed by atoms with E-state index < -0.39 is 37.0 Å². The summed E-state index contributed by atoms with van der Waals surface area (Å²) >= 11 is 0. The molecule has 0 bridgehead atoms.